The average Bonchev–Trinajstić information content (AvgIpc) is 2.55. The molecule has 2 rings (SSSR count). The SMILES string of the molecule is CCCC(=O)Nc1cccc(NC(=O)c2ccccc2OC)c1. The first-order valence-corrected chi connectivity index (χ1v) is 7.48. The van der Waals surface area contributed by atoms with Crippen LogP contribution in [0.5, 0.6) is 5.75 Å². The van der Waals surface area contributed by atoms with Crippen LogP contribution in [0.3, 0.4) is 0 Å². The molecule has 0 atom stereocenters. The van der Waals surface area contributed by atoms with Gasteiger partial charge in [-0.05, 0) is 36.8 Å². The number of carbonyl (C=O) groups is 2. The summed E-state index contributed by atoms with van der Waals surface area (Å²) in [6, 6.07) is 14.1. The van der Waals surface area contributed by atoms with Crippen molar-refractivity contribution in [3.8, 4) is 5.75 Å². The van der Waals surface area contributed by atoms with Crippen molar-refractivity contribution in [2.24, 2.45) is 0 Å². The van der Waals surface area contributed by atoms with Crippen LogP contribution in [0, 0.1) is 0 Å². The monoisotopic (exact) mass is 312 g/mol. The van der Waals surface area contributed by atoms with Gasteiger partial charge in [-0.1, -0.05) is 25.1 Å². The Morgan fingerprint density at radius 3 is 2.39 bits per heavy atom. The zero-order valence-corrected chi connectivity index (χ0v) is 13.3. The number of hydrogen-bond acceptors (Lipinski definition) is 3. The molecule has 0 unspecified atom stereocenters. The summed E-state index contributed by atoms with van der Waals surface area (Å²) in [7, 11) is 1.52. The van der Waals surface area contributed by atoms with E-state index in [0.717, 1.165) is 6.42 Å². The number of methoxy groups -OCH3 is 1. The third kappa shape index (κ3) is 4.57. The van der Waals surface area contributed by atoms with Crippen molar-refractivity contribution in [3.63, 3.8) is 0 Å². The number of anilines is 2. The van der Waals surface area contributed by atoms with Crippen molar-refractivity contribution in [1.82, 2.24) is 0 Å². The maximum atomic E-state index is 12.4. The summed E-state index contributed by atoms with van der Waals surface area (Å²) in [5, 5.41) is 5.61. The first-order valence-electron chi connectivity index (χ1n) is 7.48. The maximum Gasteiger partial charge on any atom is 0.259 e. The highest BCUT2D eigenvalue weighted by Gasteiger charge is 2.12. The lowest BCUT2D eigenvalue weighted by molar-refractivity contribution is -0.116. The highest BCUT2D eigenvalue weighted by Crippen LogP contribution is 2.20. The van der Waals surface area contributed by atoms with Crippen molar-refractivity contribution in [2.45, 2.75) is 19.8 Å². The molecule has 2 N–H and O–H groups in total. The molecular weight excluding hydrogens is 292 g/mol. The van der Waals surface area contributed by atoms with Crippen molar-refractivity contribution < 1.29 is 14.3 Å². The standard InChI is InChI=1S/C18H20N2O3/c1-3-7-17(21)19-13-8-6-9-14(12-13)20-18(22)15-10-4-5-11-16(15)23-2/h4-6,8-12H,3,7H2,1-2H3,(H,19,21)(H,20,22). The first-order chi connectivity index (χ1) is 11.1. The number of para-hydroxylation sites is 1. The van der Waals surface area contributed by atoms with Gasteiger partial charge in [0, 0.05) is 17.8 Å². The summed E-state index contributed by atoms with van der Waals surface area (Å²) in [5.41, 5.74) is 1.71. The molecule has 2 aromatic rings. The second-order valence-electron chi connectivity index (χ2n) is 5.03. The molecule has 0 saturated heterocycles. The highest BCUT2D eigenvalue weighted by molar-refractivity contribution is 6.06. The zero-order valence-electron chi connectivity index (χ0n) is 13.3. The Kier molecular flexibility index (Phi) is 5.74. The van der Waals surface area contributed by atoms with Crippen LogP contribution in [0.4, 0.5) is 11.4 Å². The van der Waals surface area contributed by atoms with E-state index in [1.807, 2.05) is 6.92 Å². The maximum absolute atomic E-state index is 12.4. The fourth-order valence-electron chi connectivity index (χ4n) is 2.16. The van der Waals surface area contributed by atoms with Gasteiger partial charge in [-0.25, -0.2) is 0 Å². The number of nitrogens with one attached hydrogen (secondary N) is 2. The molecule has 5 nitrogen and oxygen atoms in total. The van der Waals surface area contributed by atoms with Crippen LogP contribution >= 0.6 is 0 Å². The third-order valence-electron chi connectivity index (χ3n) is 3.23. The summed E-state index contributed by atoms with van der Waals surface area (Å²) in [6.45, 7) is 1.95. The minimum absolute atomic E-state index is 0.0410. The molecule has 0 aliphatic rings. The van der Waals surface area contributed by atoms with Crippen molar-refractivity contribution in [2.75, 3.05) is 17.7 Å². The van der Waals surface area contributed by atoms with Crippen LogP contribution in [0.25, 0.3) is 0 Å². The van der Waals surface area contributed by atoms with E-state index in [1.165, 1.54) is 7.11 Å². The van der Waals surface area contributed by atoms with Crippen LogP contribution in [0.15, 0.2) is 48.5 Å². The van der Waals surface area contributed by atoms with Gasteiger partial charge in [-0.2, -0.15) is 0 Å². The lowest BCUT2D eigenvalue weighted by Crippen LogP contribution is -2.14. The Morgan fingerprint density at radius 2 is 1.70 bits per heavy atom. The summed E-state index contributed by atoms with van der Waals surface area (Å²) in [5.74, 6) is 0.206. The lowest BCUT2D eigenvalue weighted by atomic mass is 10.2. The van der Waals surface area contributed by atoms with E-state index in [2.05, 4.69) is 10.6 Å². The Hall–Kier alpha value is -2.82. The minimum atomic E-state index is -0.264. The fourth-order valence-corrected chi connectivity index (χ4v) is 2.16. The summed E-state index contributed by atoms with van der Waals surface area (Å²) in [6.07, 6.45) is 1.26. The molecule has 0 bridgehead atoms. The average molecular weight is 312 g/mol. The third-order valence-corrected chi connectivity index (χ3v) is 3.23. The molecular formula is C18H20N2O3. The van der Waals surface area contributed by atoms with E-state index in [9.17, 15) is 9.59 Å². The number of carbonyl (C=O) groups excluding carboxylic acids is 2. The number of amides is 2. The fraction of sp³-hybridized carbons (Fsp3) is 0.222. The summed E-state index contributed by atoms with van der Waals surface area (Å²) < 4.78 is 5.19. The Bertz CT molecular complexity index is 698. The minimum Gasteiger partial charge on any atom is -0.496 e. The predicted octanol–water partition coefficient (Wildman–Crippen LogP) is 3.69. The largest absolute Gasteiger partial charge is 0.496 e. The molecule has 2 amide bonds. The molecule has 0 fully saturated rings. The van der Waals surface area contributed by atoms with Crippen LogP contribution < -0.4 is 15.4 Å². The topological polar surface area (TPSA) is 67.4 Å². The molecule has 0 heterocycles. The molecule has 0 spiro atoms. The van der Waals surface area contributed by atoms with Gasteiger partial charge in [-0.3, -0.25) is 9.59 Å². The number of benzene rings is 2. The van der Waals surface area contributed by atoms with Gasteiger partial charge >= 0.3 is 0 Å². The van der Waals surface area contributed by atoms with Gasteiger partial charge in [0.15, 0.2) is 0 Å². The number of hydrogen-bond donors (Lipinski definition) is 2. The molecule has 0 aromatic heterocycles. The second-order valence-corrected chi connectivity index (χ2v) is 5.03. The van der Waals surface area contributed by atoms with Crippen LogP contribution in [0.1, 0.15) is 30.1 Å². The molecule has 0 radical (unpaired) electrons. The lowest BCUT2D eigenvalue weighted by Gasteiger charge is -2.10. The molecule has 120 valence electrons. The van der Waals surface area contributed by atoms with Gasteiger partial charge in [0.05, 0.1) is 12.7 Å². The van der Waals surface area contributed by atoms with Crippen LogP contribution in [-0.4, -0.2) is 18.9 Å². The normalized spacial score (nSPS) is 10.0. The molecule has 23 heavy (non-hydrogen) atoms. The molecule has 2 aromatic carbocycles. The highest BCUT2D eigenvalue weighted by atomic mass is 16.5. The predicted molar refractivity (Wildman–Crippen MR) is 90.9 cm³/mol. The molecule has 0 saturated carbocycles. The molecule has 5 heteroatoms. The van der Waals surface area contributed by atoms with Crippen molar-refractivity contribution in [1.29, 1.82) is 0 Å². The quantitative estimate of drug-likeness (QED) is 0.855. The second kappa shape index (κ2) is 7.98. The van der Waals surface area contributed by atoms with Gasteiger partial charge in [-0.15, -0.1) is 0 Å². The Morgan fingerprint density at radius 1 is 1.00 bits per heavy atom. The van der Waals surface area contributed by atoms with Gasteiger partial charge in [0.1, 0.15) is 5.75 Å². The van der Waals surface area contributed by atoms with Gasteiger partial charge in [0.2, 0.25) is 5.91 Å². The van der Waals surface area contributed by atoms with E-state index in [4.69, 9.17) is 4.74 Å². The van der Waals surface area contributed by atoms with E-state index >= 15 is 0 Å². The Balaban J connectivity index is 2.11. The number of ether oxygens (including phenoxy) is 1. The van der Waals surface area contributed by atoms with E-state index in [1.54, 1.807) is 48.5 Å². The van der Waals surface area contributed by atoms with Gasteiger partial charge < -0.3 is 15.4 Å². The van der Waals surface area contributed by atoms with E-state index in [-0.39, 0.29) is 11.8 Å². The summed E-state index contributed by atoms with van der Waals surface area (Å²) in [4.78, 5) is 24.0. The Labute approximate surface area is 135 Å². The van der Waals surface area contributed by atoms with E-state index in [0.29, 0.717) is 29.1 Å². The molecule has 0 aliphatic carbocycles. The van der Waals surface area contributed by atoms with Crippen molar-refractivity contribution in [3.05, 3.63) is 54.1 Å². The zero-order chi connectivity index (χ0) is 16.7. The van der Waals surface area contributed by atoms with Crippen molar-refractivity contribution >= 4 is 23.2 Å². The number of rotatable bonds is 6. The van der Waals surface area contributed by atoms with E-state index < -0.39 is 0 Å². The first kappa shape index (κ1) is 16.5. The molecule has 0 aliphatic heterocycles. The van der Waals surface area contributed by atoms with Crippen LogP contribution in [0.2, 0.25) is 0 Å². The smallest absolute Gasteiger partial charge is 0.259 e. The van der Waals surface area contributed by atoms with Crippen LogP contribution in [-0.2, 0) is 4.79 Å². The van der Waals surface area contributed by atoms with Gasteiger partial charge in [0.25, 0.3) is 5.91 Å². The summed E-state index contributed by atoms with van der Waals surface area (Å²) >= 11 is 0.